The molecule has 0 aliphatic rings. The molecule has 61 heavy (non-hydrogen) atoms. The Bertz CT molecular complexity index is 4060. The van der Waals surface area contributed by atoms with E-state index in [9.17, 15) is 0 Å². The largest absolute Gasteiger partial charge is 0.456 e. The van der Waals surface area contributed by atoms with Crippen molar-refractivity contribution in [3.8, 4) is 44.5 Å². The summed E-state index contributed by atoms with van der Waals surface area (Å²) in [5.41, 5.74) is 11.4. The summed E-state index contributed by atoms with van der Waals surface area (Å²) in [6.45, 7) is 0. The summed E-state index contributed by atoms with van der Waals surface area (Å²) in [5.74, 6) is 0. The number of hydrogen-bond donors (Lipinski definition) is 0. The second-order valence-electron chi connectivity index (χ2n) is 16.7. The summed E-state index contributed by atoms with van der Waals surface area (Å²) in [5, 5.41) is 20.0. The van der Waals surface area contributed by atoms with Gasteiger partial charge < -0.3 is 4.42 Å². The number of furan rings is 1. The zero-order chi connectivity index (χ0) is 39.8. The fraction of sp³-hybridized carbons (Fsp3) is 0. The van der Waals surface area contributed by atoms with Crippen LogP contribution in [0.2, 0.25) is 0 Å². The smallest absolute Gasteiger partial charge is 0.136 e. The van der Waals surface area contributed by atoms with E-state index in [0.29, 0.717) is 0 Å². The van der Waals surface area contributed by atoms with Crippen LogP contribution in [0.15, 0.2) is 211 Å². The van der Waals surface area contributed by atoms with Crippen molar-refractivity contribution in [2.24, 2.45) is 0 Å². The van der Waals surface area contributed by atoms with Crippen molar-refractivity contribution in [3.05, 3.63) is 206 Å². The fourth-order valence-electron chi connectivity index (χ4n) is 10.8. The van der Waals surface area contributed by atoms with Gasteiger partial charge in [0.25, 0.3) is 0 Å². The molecular weight excluding hydrogens is 737 g/mol. The lowest BCUT2D eigenvalue weighted by Gasteiger charge is -2.22. The molecule has 0 spiro atoms. The van der Waals surface area contributed by atoms with Gasteiger partial charge >= 0.3 is 0 Å². The molecule has 14 rings (SSSR count). The highest BCUT2D eigenvalue weighted by Gasteiger charge is 2.23. The van der Waals surface area contributed by atoms with E-state index in [-0.39, 0.29) is 0 Å². The molecule has 0 atom stereocenters. The summed E-state index contributed by atoms with van der Waals surface area (Å²) in [6.07, 6.45) is 0. The molecule has 0 unspecified atom stereocenters. The van der Waals surface area contributed by atoms with Crippen molar-refractivity contribution in [2.75, 3.05) is 0 Å². The van der Waals surface area contributed by atoms with Crippen LogP contribution in [0, 0.1) is 0 Å². The van der Waals surface area contributed by atoms with Crippen LogP contribution in [0.4, 0.5) is 0 Å². The molecule has 0 aliphatic carbocycles. The third-order valence-electron chi connectivity index (χ3n) is 13.5. The van der Waals surface area contributed by atoms with Crippen LogP contribution in [0.1, 0.15) is 0 Å². The SMILES string of the molecule is c1ccc(-c2cc(-c3cccc4oc5cc6ccccc6cc5c34)c(-c3ccc4ccc5cccc6ccc3c4c56)cc2-c2ccc3ccc4cccc5ccc2c3c45)cc1. The van der Waals surface area contributed by atoms with Crippen molar-refractivity contribution >= 4 is 97.3 Å². The highest BCUT2D eigenvalue weighted by molar-refractivity contribution is 6.28. The van der Waals surface area contributed by atoms with Crippen molar-refractivity contribution in [1.29, 1.82) is 0 Å². The van der Waals surface area contributed by atoms with Crippen LogP contribution in [0.25, 0.3) is 142 Å². The van der Waals surface area contributed by atoms with E-state index < -0.39 is 0 Å². The zero-order valence-electron chi connectivity index (χ0n) is 33.0. The molecular formula is C60H34O. The topological polar surface area (TPSA) is 13.1 Å². The maximum absolute atomic E-state index is 6.73. The molecule has 0 N–H and O–H groups in total. The second kappa shape index (κ2) is 12.3. The molecule has 0 saturated heterocycles. The Morgan fingerprint density at radius 2 is 0.672 bits per heavy atom. The third-order valence-corrected chi connectivity index (χ3v) is 13.5. The van der Waals surface area contributed by atoms with Crippen LogP contribution >= 0.6 is 0 Å². The lowest BCUT2D eigenvalue weighted by molar-refractivity contribution is 0.669. The van der Waals surface area contributed by atoms with Crippen LogP contribution in [-0.2, 0) is 0 Å². The molecule has 1 nitrogen and oxygen atoms in total. The minimum atomic E-state index is 0.890. The monoisotopic (exact) mass is 770 g/mol. The lowest BCUT2D eigenvalue weighted by atomic mass is 9.81. The molecule has 14 aromatic rings. The minimum absolute atomic E-state index is 0.890. The molecule has 1 heterocycles. The maximum atomic E-state index is 6.73. The quantitative estimate of drug-likeness (QED) is 0.162. The summed E-state index contributed by atoms with van der Waals surface area (Å²) in [6, 6.07) is 76.7. The first-order chi connectivity index (χ1) is 30.2. The number of rotatable bonds is 4. The van der Waals surface area contributed by atoms with Gasteiger partial charge in [0.1, 0.15) is 11.2 Å². The van der Waals surface area contributed by atoms with Crippen LogP contribution in [0.5, 0.6) is 0 Å². The molecule has 0 radical (unpaired) electrons. The lowest BCUT2D eigenvalue weighted by Crippen LogP contribution is -1.95. The van der Waals surface area contributed by atoms with Gasteiger partial charge in [0.15, 0.2) is 0 Å². The zero-order valence-corrected chi connectivity index (χ0v) is 33.0. The molecule has 13 aromatic carbocycles. The van der Waals surface area contributed by atoms with E-state index in [1.165, 1.54) is 114 Å². The Balaban J connectivity index is 1.15. The highest BCUT2D eigenvalue weighted by atomic mass is 16.3. The summed E-state index contributed by atoms with van der Waals surface area (Å²) in [4.78, 5) is 0. The average Bonchev–Trinajstić information content (AvgIpc) is 3.69. The molecule has 1 heteroatoms. The Labute approximate surface area is 351 Å². The van der Waals surface area contributed by atoms with Gasteiger partial charge in [-0.3, -0.25) is 0 Å². The van der Waals surface area contributed by atoms with E-state index in [1.807, 2.05) is 0 Å². The summed E-state index contributed by atoms with van der Waals surface area (Å²) in [7, 11) is 0. The molecule has 0 amide bonds. The van der Waals surface area contributed by atoms with Gasteiger partial charge in [-0.15, -0.1) is 0 Å². The maximum Gasteiger partial charge on any atom is 0.136 e. The number of hydrogen-bond acceptors (Lipinski definition) is 1. The number of fused-ring (bicyclic) bond motifs is 4. The summed E-state index contributed by atoms with van der Waals surface area (Å²) < 4.78 is 6.73. The first kappa shape index (κ1) is 32.9. The van der Waals surface area contributed by atoms with Crippen molar-refractivity contribution in [1.82, 2.24) is 0 Å². The van der Waals surface area contributed by atoms with E-state index in [0.717, 1.165) is 27.5 Å². The van der Waals surface area contributed by atoms with Gasteiger partial charge in [0.2, 0.25) is 0 Å². The number of benzene rings is 13. The van der Waals surface area contributed by atoms with Crippen LogP contribution in [-0.4, -0.2) is 0 Å². The summed E-state index contributed by atoms with van der Waals surface area (Å²) >= 11 is 0. The minimum Gasteiger partial charge on any atom is -0.456 e. The molecule has 0 saturated carbocycles. The van der Waals surface area contributed by atoms with Crippen LogP contribution in [0.3, 0.4) is 0 Å². The third kappa shape index (κ3) is 4.66. The molecule has 1 aromatic heterocycles. The molecule has 280 valence electrons. The van der Waals surface area contributed by atoms with Gasteiger partial charge in [0, 0.05) is 10.8 Å². The van der Waals surface area contributed by atoms with Crippen molar-refractivity contribution < 1.29 is 4.42 Å². The van der Waals surface area contributed by atoms with Gasteiger partial charge in [0.05, 0.1) is 0 Å². The molecule has 0 bridgehead atoms. The molecule has 0 fully saturated rings. The highest BCUT2D eigenvalue weighted by Crippen LogP contribution is 2.50. The van der Waals surface area contributed by atoms with E-state index in [1.54, 1.807) is 0 Å². The fourth-order valence-corrected chi connectivity index (χ4v) is 10.8. The van der Waals surface area contributed by atoms with E-state index >= 15 is 0 Å². The Morgan fingerprint density at radius 3 is 1.30 bits per heavy atom. The van der Waals surface area contributed by atoms with Gasteiger partial charge in [-0.2, -0.15) is 0 Å². The first-order valence-corrected chi connectivity index (χ1v) is 21.2. The van der Waals surface area contributed by atoms with E-state index in [4.69, 9.17) is 4.42 Å². The predicted octanol–water partition coefficient (Wildman–Crippen LogP) is 17.2. The van der Waals surface area contributed by atoms with Gasteiger partial charge in [-0.05, 0) is 150 Å². The Kier molecular flexibility index (Phi) is 6.62. The Hall–Kier alpha value is -8.00. The second-order valence-corrected chi connectivity index (χ2v) is 16.7. The van der Waals surface area contributed by atoms with E-state index in [2.05, 4.69) is 206 Å². The van der Waals surface area contributed by atoms with Crippen LogP contribution < -0.4 is 0 Å². The molecule has 0 aliphatic heterocycles. The first-order valence-electron chi connectivity index (χ1n) is 21.2. The van der Waals surface area contributed by atoms with Crippen molar-refractivity contribution in [2.45, 2.75) is 0 Å². The average molecular weight is 771 g/mol. The predicted molar refractivity (Wildman–Crippen MR) is 260 cm³/mol. The van der Waals surface area contributed by atoms with Gasteiger partial charge in [-0.1, -0.05) is 176 Å². The van der Waals surface area contributed by atoms with Gasteiger partial charge in [-0.25, -0.2) is 0 Å². The normalized spacial score (nSPS) is 12.3. The Morgan fingerprint density at radius 1 is 0.213 bits per heavy atom. The standard InChI is InChI=1S/C60H34O/c1-2-9-35(10-3-1)49-33-52(46-17-8-18-54-60(46)53-31-42-11-4-5-12-43(42)32-55(53)61-54)51(45-28-24-41-22-20-37-14-7-16-39-26-30-48(45)59(41)57(37)39)34-50(49)44-27-23-40-21-19-36-13-6-15-38-25-29-47(44)58(40)56(36)38/h1-34H. The van der Waals surface area contributed by atoms with Crippen molar-refractivity contribution in [3.63, 3.8) is 0 Å².